The average molecular weight is 279 g/mol. The van der Waals surface area contributed by atoms with Crippen LogP contribution in [0.1, 0.15) is 20.7 Å². The van der Waals surface area contributed by atoms with Crippen LogP contribution in [0.2, 0.25) is 5.02 Å². The summed E-state index contributed by atoms with van der Waals surface area (Å²) in [6, 6.07) is 2.52. The van der Waals surface area contributed by atoms with Crippen LogP contribution < -0.4 is 0 Å². The largest absolute Gasteiger partial charge is 0.478 e. The summed E-state index contributed by atoms with van der Waals surface area (Å²) in [5.74, 6) is -2.69. The Kier molecular flexibility index (Phi) is 3.13. The lowest BCUT2D eigenvalue weighted by Crippen LogP contribution is -2.08. The van der Waals surface area contributed by atoms with Gasteiger partial charge in [-0.25, -0.2) is 9.59 Å². The van der Waals surface area contributed by atoms with E-state index in [2.05, 4.69) is 15.9 Å². The molecule has 14 heavy (non-hydrogen) atoms. The first-order chi connectivity index (χ1) is 6.43. The lowest BCUT2D eigenvalue weighted by Gasteiger charge is -2.04. The second-order valence-corrected chi connectivity index (χ2v) is 3.74. The van der Waals surface area contributed by atoms with E-state index in [0.717, 1.165) is 0 Å². The Morgan fingerprint density at radius 3 is 2.21 bits per heavy atom. The Morgan fingerprint density at radius 1 is 1.21 bits per heavy atom. The molecule has 0 radical (unpaired) electrons. The van der Waals surface area contributed by atoms with Crippen LogP contribution in [0.5, 0.6) is 0 Å². The molecule has 0 spiro atoms. The van der Waals surface area contributed by atoms with Crippen molar-refractivity contribution in [2.75, 3.05) is 0 Å². The smallest absolute Gasteiger partial charge is 0.338 e. The molecule has 0 aromatic heterocycles. The predicted molar refractivity (Wildman–Crippen MR) is 53.1 cm³/mol. The first kappa shape index (κ1) is 11.0. The van der Waals surface area contributed by atoms with Gasteiger partial charge in [0.2, 0.25) is 0 Å². The Bertz CT molecular complexity index is 416. The zero-order valence-electron chi connectivity index (χ0n) is 6.62. The van der Waals surface area contributed by atoms with E-state index in [1.807, 2.05) is 0 Å². The van der Waals surface area contributed by atoms with Gasteiger partial charge in [-0.2, -0.15) is 0 Å². The summed E-state index contributed by atoms with van der Waals surface area (Å²) in [7, 11) is 0. The maximum atomic E-state index is 10.7. The van der Waals surface area contributed by atoms with E-state index < -0.39 is 17.5 Å². The van der Waals surface area contributed by atoms with Gasteiger partial charge >= 0.3 is 11.9 Å². The minimum atomic E-state index is -1.36. The molecule has 0 saturated heterocycles. The number of carbonyl (C=O) groups is 2. The normalized spacial score (nSPS) is 9.86. The molecule has 0 aliphatic heterocycles. The van der Waals surface area contributed by atoms with E-state index in [-0.39, 0.29) is 10.6 Å². The van der Waals surface area contributed by atoms with Crippen LogP contribution in [0.15, 0.2) is 16.6 Å². The lowest BCUT2D eigenvalue weighted by molar-refractivity contribution is 0.0651. The third kappa shape index (κ3) is 2.05. The van der Waals surface area contributed by atoms with Crippen LogP contribution in [-0.4, -0.2) is 22.2 Å². The van der Waals surface area contributed by atoms with Crippen LogP contribution >= 0.6 is 27.5 Å². The highest BCUT2D eigenvalue weighted by Crippen LogP contribution is 2.25. The molecule has 0 fully saturated rings. The molecule has 0 aliphatic rings. The Balaban J connectivity index is 3.52. The molecule has 0 amide bonds. The van der Waals surface area contributed by atoms with Crippen LogP contribution in [0.4, 0.5) is 0 Å². The van der Waals surface area contributed by atoms with Crippen molar-refractivity contribution < 1.29 is 19.8 Å². The van der Waals surface area contributed by atoms with Gasteiger partial charge in [-0.3, -0.25) is 0 Å². The second kappa shape index (κ2) is 3.98. The van der Waals surface area contributed by atoms with Gasteiger partial charge in [0, 0.05) is 4.47 Å². The molecule has 0 unspecified atom stereocenters. The molecule has 4 nitrogen and oxygen atoms in total. The van der Waals surface area contributed by atoms with Gasteiger partial charge < -0.3 is 10.2 Å². The highest BCUT2D eigenvalue weighted by Gasteiger charge is 2.20. The molecule has 1 rings (SSSR count). The molecule has 1 aromatic carbocycles. The number of benzene rings is 1. The minimum absolute atomic E-state index is 0.107. The monoisotopic (exact) mass is 278 g/mol. The number of aromatic carboxylic acids is 2. The number of hydrogen-bond acceptors (Lipinski definition) is 2. The zero-order valence-corrected chi connectivity index (χ0v) is 8.96. The molecule has 74 valence electrons. The number of carboxylic acid groups (broad SMARTS) is 2. The molecule has 0 atom stereocenters. The highest BCUT2D eigenvalue weighted by atomic mass is 79.9. The number of rotatable bonds is 2. The SMILES string of the molecule is O=C(O)c1cc(Br)cc(Cl)c1C(=O)O. The molecule has 0 saturated carbocycles. The molecular formula is C8H4BrClO4. The second-order valence-electron chi connectivity index (χ2n) is 2.42. The van der Waals surface area contributed by atoms with Crippen molar-refractivity contribution in [1.29, 1.82) is 0 Å². The van der Waals surface area contributed by atoms with Crippen molar-refractivity contribution in [2.45, 2.75) is 0 Å². The summed E-state index contributed by atoms with van der Waals surface area (Å²) in [6.45, 7) is 0. The van der Waals surface area contributed by atoms with Crippen LogP contribution in [-0.2, 0) is 0 Å². The summed E-state index contributed by atoms with van der Waals surface area (Å²) in [4.78, 5) is 21.4. The standard InChI is InChI=1S/C8H4BrClO4/c9-3-1-4(7(11)12)6(8(13)14)5(10)2-3/h1-2H,(H,11,12)(H,13,14). The summed E-state index contributed by atoms with van der Waals surface area (Å²) in [5.41, 5.74) is -0.737. The van der Waals surface area contributed by atoms with Crippen molar-refractivity contribution >= 4 is 39.5 Å². The topological polar surface area (TPSA) is 74.6 Å². The van der Waals surface area contributed by atoms with Gasteiger partial charge in [-0.05, 0) is 12.1 Å². The lowest BCUT2D eigenvalue weighted by atomic mass is 10.1. The summed E-state index contributed by atoms with van der Waals surface area (Å²) >= 11 is 8.62. The third-order valence-corrected chi connectivity index (χ3v) is 2.26. The Morgan fingerprint density at radius 2 is 1.79 bits per heavy atom. The molecule has 6 heteroatoms. The average Bonchev–Trinajstić information content (AvgIpc) is 2.01. The molecule has 0 bridgehead atoms. The fraction of sp³-hybridized carbons (Fsp3) is 0. The third-order valence-electron chi connectivity index (χ3n) is 1.50. The minimum Gasteiger partial charge on any atom is -0.478 e. The fourth-order valence-corrected chi connectivity index (χ4v) is 1.85. The Labute approximate surface area is 92.2 Å². The summed E-state index contributed by atoms with van der Waals surface area (Å²) < 4.78 is 0.421. The van der Waals surface area contributed by atoms with E-state index >= 15 is 0 Å². The van der Waals surface area contributed by atoms with Crippen LogP contribution in [0.3, 0.4) is 0 Å². The summed E-state index contributed by atoms with van der Waals surface area (Å²) in [6.07, 6.45) is 0. The number of carboxylic acids is 2. The highest BCUT2D eigenvalue weighted by molar-refractivity contribution is 9.10. The van der Waals surface area contributed by atoms with Crippen molar-refractivity contribution in [3.8, 4) is 0 Å². The van der Waals surface area contributed by atoms with Crippen molar-refractivity contribution in [3.05, 3.63) is 32.8 Å². The molecule has 2 N–H and O–H groups in total. The van der Waals surface area contributed by atoms with Gasteiger partial charge in [-0.15, -0.1) is 0 Å². The van der Waals surface area contributed by atoms with Crippen LogP contribution in [0, 0.1) is 0 Å². The zero-order chi connectivity index (χ0) is 10.9. The van der Waals surface area contributed by atoms with Gasteiger partial charge in [0.15, 0.2) is 0 Å². The predicted octanol–water partition coefficient (Wildman–Crippen LogP) is 2.50. The molecule has 0 heterocycles. The van der Waals surface area contributed by atoms with Crippen LogP contribution in [0.25, 0.3) is 0 Å². The van der Waals surface area contributed by atoms with Crippen molar-refractivity contribution in [1.82, 2.24) is 0 Å². The number of halogens is 2. The maximum Gasteiger partial charge on any atom is 0.338 e. The van der Waals surface area contributed by atoms with Gasteiger partial charge in [0.1, 0.15) is 0 Å². The van der Waals surface area contributed by atoms with Gasteiger partial charge in [0.25, 0.3) is 0 Å². The quantitative estimate of drug-likeness (QED) is 0.872. The van der Waals surface area contributed by atoms with E-state index in [1.54, 1.807) is 0 Å². The van der Waals surface area contributed by atoms with Crippen molar-refractivity contribution in [3.63, 3.8) is 0 Å². The number of hydrogen-bond donors (Lipinski definition) is 2. The van der Waals surface area contributed by atoms with E-state index in [0.29, 0.717) is 4.47 Å². The first-order valence-corrected chi connectivity index (χ1v) is 4.56. The maximum absolute atomic E-state index is 10.7. The summed E-state index contributed by atoms with van der Waals surface area (Å²) in [5, 5.41) is 17.3. The van der Waals surface area contributed by atoms with E-state index in [9.17, 15) is 9.59 Å². The van der Waals surface area contributed by atoms with E-state index in [4.69, 9.17) is 21.8 Å². The Hall–Kier alpha value is -1.07. The first-order valence-electron chi connectivity index (χ1n) is 3.39. The fourth-order valence-electron chi connectivity index (χ4n) is 0.960. The van der Waals surface area contributed by atoms with Gasteiger partial charge in [0.05, 0.1) is 16.1 Å². The molecular weight excluding hydrogens is 275 g/mol. The molecule has 0 aliphatic carbocycles. The van der Waals surface area contributed by atoms with Gasteiger partial charge in [-0.1, -0.05) is 27.5 Å². The molecule has 1 aromatic rings. The van der Waals surface area contributed by atoms with Crippen molar-refractivity contribution in [2.24, 2.45) is 0 Å². The van der Waals surface area contributed by atoms with E-state index in [1.165, 1.54) is 12.1 Å².